The van der Waals surface area contributed by atoms with Gasteiger partial charge in [-0.2, -0.15) is 0 Å². The molecule has 0 aromatic heterocycles. The number of rotatable bonds is 1. The summed E-state index contributed by atoms with van der Waals surface area (Å²) in [6.45, 7) is 1.60. The molecule has 6 heavy (non-hydrogen) atoms. The highest BCUT2D eigenvalue weighted by Gasteiger charge is 1.80. The second-order valence-electron chi connectivity index (χ2n) is 0.747. The Morgan fingerprint density at radius 1 is 1.83 bits per heavy atom. The van der Waals surface area contributed by atoms with Gasteiger partial charge in [-0.15, -0.1) is 0 Å². The minimum Gasteiger partial charge on any atom is -0.481 e. The summed E-state index contributed by atoms with van der Waals surface area (Å²) in [6.07, 6.45) is 0.222. The topological polar surface area (TPSA) is 68.8 Å². The van der Waals surface area contributed by atoms with Gasteiger partial charge in [-0.25, -0.2) is 0 Å². The third-order valence-electron chi connectivity index (χ3n) is 0.302. The molecule has 0 amide bonds. The SMILES string of the molecule is CCC(=O)O.O. The third kappa shape index (κ3) is 9.90. The molecule has 0 atom stereocenters. The number of aliphatic carboxylic acids is 1. The lowest BCUT2D eigenvalue weighted by molar-refractivity contribution is -0.136. The van der Waals surface area contributed by atoms with Crippen molar-refractivity contribution in [2.75, 3.05) is 0 Å². The predicted octanol–water partition coefficient (Wildman–Crippen LogP) is -0.344. The molecule has 38 valence electrons. The van der Waals surface area contributed by atoms with Crippen LogP contribution in [0, 0.1) is 0 Å². The van der Waals surface area contributed by atoms with E-state index in [2.05, 4.69) is 0 Å². The Morgan fingerprint density at radius 2 is 2.00 bits per heavy atom. The van der Waals surface area contributed by atoms with Crippen molar-refractivity contribution >= 4 is 5.97 Å². The van der Waals surface area contributed by atoms with Gasteiger partial charge >= 0.3 is 5.97 Å². The number of hydrogen-bond donors (Lipinski definition) is 1. The van der Waals surface area contributed by atoms with Crippen molar-refractivity contribution < 1.29 is 15.4 Å². The van der Waals surface area contributed by atoms with E-state index in [1.165, 1.54) is 0 Å². The summed E-state index contributed by atoms with van der Waals surface area (Å²) in [6, 6.07) is 0. The predicted molar refractivity (Wildman–Crippen MR) is 21.5 cm³/mol. The van der Waals surface area contributed by atoms with Gasteiger partial charge in [0.15, 0.2) is 0 Å². The molecule has 0 aliphatic rings. The molecule has 0 heterocycles. The average Bonchev–Trinajstić information content (AvgIpc) is 1.38. The molecule has 3 N–H and O–H groups in total. The van der Waals surface area contributed by atoms with Crippen LogP contribution in [-0.4, -0.2) is 16.6 Å². The largest absolute Gasteiger partial charge is 0.481 e. The fourth-order valence-corrected chi connectivity index (χ4v) is 0. The number of carboxylic acid groups (broad SMARTS) is 1. The van der Waals surface area contributed by atoms with Crippen LogP contribution < -0.4 is 0 Å². The zero-order valence-corrected chi connectivity index (χ0v) is 3.56. The highest BCUT2D eigenvalue weighted by Crippen LogP contribution is 1.67. The smallest absolute Gasteiger partial charge is 0.303 e. The first-order chi connectivity index (χ1) is 2.27. The lowest BCUT2D eigenvalue weighted by Crippen LogP contribution is -1.86. The van der Waals surface area contributed by atoms with E-state index in [9.17, 15) is 4.79 Å². The molecule has 0 fully saturated rings. The zero-order valence-electron chi connectivity index (χ0n) is 3.56. The molecular formula is C3H8O3. The maximum absolute atomic E-state index is 9.37. The quantitative estimate of drug-likeness (QED) is 0.480. The van der Waals surface area contributed by atoms with Crippen molar-refractivity contribution in [2.24, 2.45) is 0 Å². The second kappa shape index (κ2) is 4.43. The summed E-state index contributed by atoms with van der Waals surface area (Å²) in [4.78, 5) is 9.37. The Labute approximate surface area is 35.9 Å². The van der Waals surface area contributed by atoms with Crippen LogP contribution in [0.1, 0.15) is 13.3 Å². The molecule has 0 bridgehead atoms. The van der Waals surface area contributed by atoms with E-state index in [1.54, 1.807) is 6.92 Å². The van der Waals surface area contributed by atoms with Crippen LogP contribution in [-0.2, 0) is 4.79 Å². The van der Waals surface area contributed by atoms with E-state index >= 15 is 0 Å². The van der Waals surface area contributed by atoms with Gasteiger partial charge in [0.25, 0.3) is 0 Å². The van der Waals surface area contributed by atoms with E-state index in [1.807, 2.05) is 0 Å². The normalized spacial score (nSPS) is 6.17. The Morgan fingerprint density at radius 3 is 2.00 bits per heavy atom. The first kappa shape index (κ1) is 9.06. The molecule has 0 spiro atoms. The molecular weight excluding hydrogens is 84.0 g/mol. The van der Waals surface area contributed by atoms with Gasteiger partial charge in [-0.1, -0.05) is 6.92 Å². The van der Waals surface area contributed by atoms with E-state index < -0.39 is 5.97 Å². The summed E-state index contributed by atoms with van der Waals surface area (Å²) in [5.41, 5.74) is 0. The summed E-state index contributed by atoms with van der Waals surface area (Å²) >= 11 is 0. The molecule has 0 rings (SSSR count). The van der Waals surface area contributed by atoms with Crippen LogP contribution in [0.4, 0.5) is 0 Å². The molecule has 3 nitrogen and oxygen atoms in total. The van der Waals surface area contributed by atoms with Gasteiger partial charge in [0, 0.05) is 6.42 Å². The lowest BCUT2D eigenvalue weighted by atomic mass is 10.5. The summed E-state index contributed by atoms with van der Waals surface area (Å²) in [5, 5.41) is 7.72. The average molecular weight is 92.1 g/mol. The van der Waals surface area contributed by atoms with E-state index in [0.29, 0.717) is 0 Å². The van der Waals surface area contributed by atoms with Crippen LogP contribution in [0.2, 0.25) is 0 Å². The Kier molecular flexibility index (Phi) is 6.69. The molecule has 0 aliphatic heterocycles. The Balaban J connectivity index is 0. The van der Waals surface area contributed by atoms with Crippen molar-refractivity contribution in [1.82, 2.24) is 0 Å². The van der Waals surface area contributed by atoms with Crippen LogP contribution >= 0.6 is 0 Å². The highest BCUT2D eigenvalue weighted by molar-refractivity contribution is 5.66. The van der Waals surface area contributed by atoms with Crippen LogP contribution in [0.3, 0.4) is 0 Å². The van der Waals surface area contributed by atoms with Crippen molar-refractivity contribution in [1.29, 1.82) is 0 Å². The number of carboxylic acids is 1. The van der Waals surface area contributed by atoms with E-state index in [0.717, 1.165) is 0 Å². The molecule has 0 unspecified atom stereocenters. The Bertz CT molecular complexity index is 41.3. The molecule has 0 radical (unpaired) electrons. The molecule has 0 aromatic rings. The zero-order chi connectivity index (χ0) is 4.28. The van der Waals surface area contributed by atoms with E-state index in [4.69, 9.17) is 5.11 Å². The van der Waals surface area contributed by atoms with Gasteiger partial charge in [0.05, 0.1) is 0 Å². The number of hydrogen-bond acceptors (Lipinski definition) is 1. The number of carbonyl (C=O) groups is 1. The molecule has 0 aromatic carbocycles. The molecule has 0 saturated carbocycles. The van der Waals surface area contributed by atoms with Crippen molar-refractivity contribution in [3.63, 3.8) is 0 Å². The summed E-state index contributed by atoms with van der Waals surface area (Å²) < 4.78 is 0. The first-order valence-electron chi connectivity index (χ1n) is 1.49. The minimum absolute atomic E-state index is 0. The van der Waals surface area contributed by atoms with Crippen LogP contribution in [0.15, 0.2) is 0 Å². The maximum Gasteiger partial charge on any atom is 0.303 e. The minimum atomic E-state index is -0.745. The van der Waals surface area contributed by atoms with Gasteiger partial charge < -0.3 is 10.6 Å². The van der Waals surface area contributed by atoms with Gasteiger partial charge in [-0.05, 0) is 0 Å². The third-order valence-corrected chi connectivity index (χ3v) is 0.302. The summed E-state index contributed by atoms with van der Waals surface area (Å²) in [7, 11) is 0. The van der Waals surface area contributed by atoms with E-state index in [-0.39, 0.29) is 11.9 Å². The van der Waals surface area contributed by atoms with Crippen molar-refractivity contribution in [3.8, 4) is 0 Å². The highest BCUT2D eigenvalue weighted by atomic mass is 16.4. The molecule has 3 heteroatoms. The standard InChI is InChI=1S/C3H6O2.H2O/c1-2-3(4)5;/h2H2,1H3,(H,4,5);1H2. The second-order valence-corrected chi connectivity index (χ2v) is 0.747. The fourth-order valence-electron chi connectivity index (χ4n) is 0. The Hall–Kier alpha value is -0.570. The van der Waals surface area contributed by atoms with Gasteiger partial charge in [0.2, 0.25) is 0 Å². The van der Waals surface area contributed by atoms with Crippen LogP contribution in [0.5, 0.6) is 0 Å². The van der Waals surface area contributed by atoms with Gasteiger partial charge in [0.1, 0.15) is 0 Å². The molecule has 0 saturated heterocycles. The van der Waals surface area contributed by atoms with Crippen molar-refractivity contribution in [3.05, 3.63) is 0 Å². The molecule has 0 aliphatic carbocycles. The first-order valence-corrected chi connectivity index (χ1v) is 1.49. The monoisotopic (exact) mass is 92.0 g/mol. The summed E-state index contributed by atoms with van der Waals surface area (Å²) in [5.74, 6) is -0.745. The van der Waals surface area contributed by atoms with Crippen LogP contribution in [0.25, 0.3) is 0 Å². The lowest BCUT2D eigenvalue weighted by Gasteiger charge is -1.71. The van der Waals surface area contributed by atoms with Crippen molar-refractivity contribution in [2.45, 2.75) is 13.3 Å². The fraction of sp³-hybridized carbons (Fsp3) is 0.667. The van der Waals surface area contributed by atoms with Gasteiger partial charge in [-0.3, -0.25) is 4.79 Å². The maximum atomic E-state index is 9.37.